The van der Waals surface area contributed by atoms with E-state index in [1.165, 1.54) is 49.8 Å². The number of aromatic nitrogens is 1. The van der Waals surface area contributed by atoms with Crippen molar-refractivity contribution in [3.63, 3.8) is 0 Å². The summed E-state index contributed by atoms with van der Waals surface area (Å²) < 4.78 is 2.27. The Morgan fingerprint density at radius 3 is 2.25 bits per heavy atom. The third-order valence-corrected chi connectivity index (χ3v) is 5.73. The summed E-state index contributed by atoms with van der Waals surface area (Å²) in [6.45, 7) is 9.01. The molecule has 4 rings (SSSR count). The van der Waals surface area contributed by atoms with Gasteiger partial charge >= 0.3 is 0 Å². The summed E-state index contributed by atoms with van der Waals surface area (Å²) in [7, 11) is 2.15. The van der Waals surface area contributed by atoms with E-state index in [2.05, 4.69) is 112 Å². The number of pyridine rings is 1. The first-order valence-electron chi connectivity index (χ1n) is 10.0. The molecule has 1 heterocycles. The SMILES string of the molecule is Cc1ccc2cc[n+](C)c(-c3cc(-c4ccccc4)cc(C(C)C)c3C)c2c1. The molecule has 0 saturated heterocycles. The molecule has 0 amide bonds. The summed E-state index contributed by atoms with van der Waals surface area (Å²) in [4.78, 5) is 0. The first-order valence-corrected chi connectivity index (χ1v) is 10.0. The molecule has 0 N–H and O–H groups in total. The minimum Gasteiger partial charge on any atom is -0.200 e. The zero-order valence-corrected chi connectivity index (χ0v) is 17.5. The van der Waals surface area contributed by atoms with Gasteiger partial charge in [0.25, 0.3) is 0 Å². The van der Waals surface area contributed by atoms with E-state index in [9.17, 15) is 0 Å². The Hall–Kier alpha value is -2.93. The van der Waals surface area contributed by atoms with Gasteiger partial charge in [-0.25, -0.2) is 4.57 Å². The molecule has 0 unspecified atom stereocenters. The molecular weight excluding hydrogens is 338 g/mol. The standard InChI is InChI=1S/C27H28N/c1-18(2)24-16-23(21-9-7-6-8-10-21)17-25(20(24)4)27-26-15-19(3)11-12-22(26)13-14-28(27)5/h6-18H,1-5H3/q+1. The van der Waals surface area contributed by atoms with Crippen LogP contribution in [-0.4, -0.2) is 0 Å². The maximum atomic E-state index is 2.37. The number of hydrogen-bond acceptors (Lipinski definition) is 0. The molecule has 0 spiro atoms. The Morgan fingerprint density at radius 1 is 0.786 bits per heavy atom. The molecule has 0 aliphatic heterocycles. The van der Waals surface area contributed by atoms with Crippen molar-refractivity contribution in [1.29, 1.82) is 0 Å². The molecule has 4 aromatic rings. The number of fused-ring (bicyclic) bond motifs is 1. The lowest BCUT2D eigenvalue weighted by Crippen LogP contribution is -2.31. The molecular formula is C27H28N+. The monoisotopic (exact) mass is 366 g/mol. The fraction of sp³-hybridized carbons (Fsp3) is 0.222. The predicted octanol–water partition coefficient (Wildman–Crippen LogP) is 6.74. The minimum atomic E-state index is 0.476. The Balaban J connectivity index is 2.08. The highest BCUT2D eigenvalue weighted by atomic mass is 14.9. The van der Waals surface area contributed by atoms with Crippen LogP contribution in [0.15, 0.2) is 72.9 Å². The van der Waals surface area contributed by atoms with Gasteiger partial charge in [-0.05, 0) is 59.5 Å². The van der Waals surface area contributed by atoms with Crippen LogP contribution >= 0.6 is 0 Å². The molecule has 1 nitrogen and oxygen atoms in total. The molecule has 0 saturated carbocycles. The fourth-order valence-electron chi connectivity index (χ4n) is 4.19. The van der Waals surface area contributed by atoms with Gasteiger partial charge in [0.15, 0.2) is 6.20 Å². The second-order valence-corrected chi connectivity index (χ2v) is 8.12. The van der Waals surface area contributed by atoms with Gasteiger partial charge in [-0.15, -0.1) is 0 Å². The van der Waals surface area contributed by atoms with Crippen molar-refractivity contribution in [2.75, 3.05) is 0 Å². The van der Waals surface area contributed by atoms with E-state index in [1.807, 2.05) is 0 Å². The molecule has 0 aliphatic carbocycles. The summed E-state index contributed by atoms with van der Waals surface area (Å²) >= 11 is 0. The highest BCUT2D eigenvalue weighted by molar-refractivity contribution is 5.95. The predicted molar refractivity (Wildman–Crippen MR) is 120 cm³/mol. The second kappa shape index (κ2) is 7.24. The Bertz CT molecular complexity index is 1150. The lowest BCUT2D eigenvalue weighted by molar-refractivity contribution is -0.659. The fourth-order valence-corrected chi connectivity index (χ4v) is 4.19. The molecule has 140 valence electrons. The van der Waals surface area contributed by atoms with E-state index < -0.39 is 0 Å². The van der Waals surface area contributed by atoms with Gasteiger partial charge in [-0.1, -0.05) is 67.9 Å². The number of hydrogen-bond donors (Lipinski definition) is 0. The molecule has 0 fully saturated rings. The van der Waals surface area contributed by atoms with Gasteiger partial charge in [0.05, 0.1) is 10.9 Å². The summed E-state index contributed by atoms with van der Waals surface area (Å²) in [6, 6.07) is 24.4. The molecule has 1 aromatic heterocycles. The van der Waals surface area contributed by atoms with Crippen molar-refractivity contribution < 1.29 is 4.57 Å². The smallest absolute Gasteiger partial charge is 0.200 e. The van der Waals surface area contributed by atoms with E-state index in [0.29, 0.717) is 5.92 Å². The summed E-state index contributed by atoms with van der Waals surface area (Å²) in [6.07, 6.45) is 2.18. The van der Waals surface area contributed by atoms with Crippen molar-refractivity contribution in [2.45, 2.75) is 33.6 Å². The number of rotatable bonds is 3. The molecule has 1 heteroatoms. The first kappa shape index (κ1) is 18.4. The summed E-state index contributed by atoms with van der Waals surface area (Å²) in [5.74, 6) is 0.476. The van der Waals surface area contributed by atoms with Crippen molar-refractivity contribution in [1.82, 2.24) is 0 Å². The van der Waals surface area contributed by atoms with Gasteiger partial charge < -0.3 is 0 Å². The van der Waals surface area contributed by atoms with Gasteiger partial charge in [0, 0.05) is 6.07 Å². The average molecular weight is 367 g/mol. The van der Waals surface area contributed by atoms with E-state index in [-0.39, 0.29) is 0 Å². The Morgan fingerprint density at radius 2 is 1.54 bits per heavy atom. The zero-order valence-electron chi connectivity index (χ0n) is 17.5. The lowest BCUT2D eigenvalue weighted by Gasteiger charge is -2.17. The van der Waals surface area contributed by atoms with Gasteiger partial charge in [-0.3, -0.25) is 0 Å². The quantitative estimate of drug-likeness (QED) is 0.354. The Kier molecular flexibility index (Phi) is 4.77. The topological polar surface area (TPSA) is 3.88 Å². The largest absolute Gasteiger partial charge is 0.220 e. The highest BCUT2D eigenvalue weighted by Crippen LogP contribution is 2.36. The van der Waals surface area contributed by atoms with Crippen LogP contribution in [0, 0.1) is 13.8 Å². The Labute approximate surface area is 168 Å². The van der Waals surface area contributed by atoms with Gasteiger partial charge in [0.1, 0.15) is 7.05 Å². The van der Waals surface area contributed by atoms with Crippen molar-refractivity contribution in [3.05, 3.63) is 89.6 Å². The maximum Gasteiger partial charge on any atom is 0.220 e. The average Bonchev–Trinajstić information content (AvgIpc) is 2.69. The molecule has 0 atom stereocenters. The molecule has 0 radical (unpaired) electrons. The minimum absolute atomic E-state index is 0.476. The molecule has 3 aromatic carbocycles. The van der Waals surface area contributed by atoms with Crippen LogP contribution in [0.4, 0.5) is 0 Å². The number of nitrogens with zero attached hydrogens (tertiary/aromatic N) is 1. The van der Waals surface area contributed by atoms with Crippen molar-refractivity contribution in [2.24, 2.45) is 7.05 Å². The van der Waals surface area contributed by atoms with Crippen LogP contribution in [0.3, 0.4) is 0 Å². The zero-order chi connectivity index (χ0) is 19.8. The van der Waals surface area contributed by atoms with Crippen LogP contribution in [0.25, 0.3) is 33.2 Å². The van der Waals surface area contributed by atoms with Crippen LogP contribution in [0.1, 0.15) is 36.5 Å². The van der Waals surface area contributed by atoms with E-state index >= 15 is 0 Å². The van der Waals surface area contributed by atoms with E-state index in [0.717, 1.165) is 0 Å². The van der Waals surface area contributed by atoms with Crippen LogP contribution in [0.5, 0.6) is 0 Å². The lowest BCUT2D eigenvalue weighted by atomic mass is 9.87. The van der Waals surface area contributed by atoms with Crippen molar-refractivity contribution >= 4 is 10.8 Å². The summed E-state index contributed by atoms with van der Waals surface area (Å²) in [5.41, 5.74) is 9.25. The highest BCUT2D eigenvalue weighted by Gasteiger charge is 2.21. The first-order chi connectivity index (χ1) is 13.5. The molecule has 0 aliphatic rings. The maximum absolute atomic E-state index is 2.37. The van der Waals surface area contributed by atoms with Crippen LogP contribution in [0.2, 0.25) is 0 Å². The third-order valence-electron chi connectivity index (χ3n) is 5.73. The number of aryl methyl sites for hydroxylation is 2. The van der Waals surface area contributed by atoms with Gasteiger partial charge in [0.2, 0.25) is 5.69 Å². The second-order valence-electron chi connectivity index (χ2n) is 8.12. The third kappa shape index (κ3) is 3.22. The van der Waals surface area contributed by atoms with Crippen molar-refractivity contribution in [3.8, 4) is 22.4 Å². The molecule has 28 heavy (non-hydrogen) atoms. The van der Waals surface area contributed by atoms with Gasteiger partial charge in [-0.2, -0.15) is 0 Å². The summed E-state index contributed by atoms with van der Waals surface area (Å²) in [5, 5.41) is 2.60. The van der Waals surface area contributed by atoms with E-state index in [4.69, 9.17) is 0 Å². The van der Waals surface area contributed by atoms with Crippen LogP contribution in [-0.2, 0) is 7.05 Å². The normalized spacial score (nSPS) is 11.4. The van der Waals surface area contributed by atoms with Crippen LogP contribution < -0.4 is 4.57 Å². The molecule has 0 bridgehead atoms. The van der Waals surface area contributed by atoms with E-state index in [1.54, 1.807) is 0 Å². The number of benzene rings is 3.